The molecule has 0 heterocycles. The van der Waals surface area contributed by atoms with Gasteiger partial charge in [0.05, 0.1) is 6.26 Å². The highest BCUT2D eigenvalue weighted by atomic mass is 16.5. The fourth-order valence-electron chi connectivity index (χ4n) is 0.0393. The first kappa shape index (κ1) is 11.4. The molecule has 0 spiro atoms. The molecule has 0 saturated heterocycles. The Labute approximate surface area is 60.0 Å². The van der Waals surface area contributed by atoms with E-state index in [1.54, 1.807) is 6.92 Å². The number of aldehydes is 1. The number of ether oxygens (including phenoxy) is 1. The van der Waals surface area contributed by atoms with Gasteiger partial charge in [-0.3, -0.25) is 9.59 Å². The SMILES string of the molecule is C=C(C)C=O.C=COC=O. The average molecular weight is 142 g/mol. The molecule has 0 atom stereocenters. The summed E-state index contributed by atoms with van der Waals surface area (Å²) < 4.78 is 3.92. The predicted molar refractivity (Wildman–Crippen MR) is 38.2 cm³/mol. The minimum atomic E-state index is 0.312. The molecule has 0 aromatic rings. The van der Waals surface area contributed by atoms with Crippen LogP contribution >= 0.6 is 0 Å². The highest BCUT2D eigenvalue weighted by molar-refractivity contribution is 5.70. The van der Waals surface area contributed by atoms with Crippen molar-refractivity contribution < 1.29 is 14.3 Å². The second-order valence-electron chi connectivity index (χ2n) is 1.36. The van der Waals surface area contributed by atoms with Gasteiger partial charge in [0.2, 0.25) is 0 Å². The summed E-state index contributed by atoms with van der Waals surface area (Å²) >= 11 is 0. The zero-order chi connectivity index (χ0) is 8.41. The van der Waals surface area contributed by atoms with Crippen molar-refractivity contribution in [2.24, 2.45) is 0 Å². The summed E-state index contributed by atoms with van der Waals surface area (Å²) in [5.41, 5.74) is 0.574. The first-order valence-corrected chi connectivity index (χ1v) is 2.49. The van der Waals surface area contributed by atoms with Crippen LogP contribution in [-0.2, 0) is 14.3 Å². The van der Waals surface area contributed by atoms with Gasteiger partial charge in [-0.25, -0.2) is 0 Å². The second kappa shape index (κ2) is 10.6. The van der Waals surface area contributed by atoms with Gasteiger partial charge in [-0.05, 0) is 12.5 Å². The van der Waals surface area contributed by atoms with E-state index in [2.05, 4.69) is 17.9 Å². The standard InChI is InChI=1S/C4H6O.C3H4O2/c1-4(2)3-5;1-2-5-3-4/h3H,1H2,2H3;2-3H,1H2. The van der Waals surface area contributed by atoms with E-state index in [-0.39, 0.29) is 0 Å². The Bertz CT molecular complexity index is 121. The zero-order valence-electron chi connectivity index (χ0n) is 5.87. The van der Waals surface area contributed by atoms with E-state index in [0.29, 0.717) is 12.0 Å². The van der Waals surface area contributed by atoms with E-state index in [9.17, 15) is 4.79 Å². The Morgan fingerprint density at radius 2 is 1.90 bits per heavy atom. The van der Waals surface area contributed by atoms with Gasteiger partial charge in [0, 0.05) is 0 Å². The molecule has 0 fully saturated rings. The maximum absolute atomic E-state index is 9.41. The Balaban J connectivity index is 0. The van der Waals surface area contributed by atoms with Crippen molar-refractivity contribution >= 4 is 12.8 Å². The monoisotopic (exact) mass is 142 g/mol. The number of carbonyl (C=O) groups excluding carboxylic acids is 2. The van der Waals surface area contributed by atoms with Gasteiger partial charge >= 0.3 is 0 Å². The summed E-state index contributed by atoms with van der Waals surface area (Å²) in [5.74, 6) is 0. The van der Waals surface area contributed by atoms with Gasteiger partial charge in [-0.15, -0.1) is 0 Å². The fraction of sp³-hybridized carbons (Fsp3) is 0.143. The second-order valence-corrected chi connectivity index (χ2v) is 1.36. The van der Waals surface area contributed by atoms with Crippen LogP contribution < -0.4 is 0 Å². The molecule has 0 amide bonds. The van der Waals surface area contributed by atoms with Crippen molar-refractivity contribution in [1.29, 1.82) is 0 Å². The molecular formula is C7H10O3. The summed E-state index contributed by atoms with van der Waals surface area (Å²) in [6.07, 6.45) is 1.78. The molecule has 0 aromatic carbocycles. The molecule has 10 heavy (non-hydrogen) atoms. The molecule has 0 aliphatic carbocycles. The molecule has 0 unspecified atom stereocenters. The average Bonchev–Trinajstić information content (AvgIpc) is 1.91. The molecule has 3 nitrogen and oxygen atoms in total. The van der Waals surface area contributed by atoms with Crippen LogP contribution in [0.1, 0.15) is 6.92 Å². The van der Waals surface area contributed by atoms with Crippen molar-refractivity contribution in [3.8, 4) is 0 Å². The van der Waals surface area contributed by atoms with Crippen molar-refractivity contribution in [2.45, 2.75) is 6.92 Å². The lowest BCUT2D eigenvalue weighted by Crippen LogP contribution is -1.66. The molecule has 0 aliphatic heterocycles. The summed E-state index contributed by atoms with van der Waals surface area (Å²) in [6, 6.07) is 0. The maximum Gasteiger partial charge on any atom is 0.297 e. The van der Waals surface area contributed by atoms with Crippen LogP contribution in [0.15, 0.2) is 25.0 Å². The van der Waals surface area contributed by atoms with Crippen molar-refractivity contribution in [1.82, 2.24) is 0 Å². The van der Waals surface area contributed by atoms with E-state index in [1.165, 1.54) is 0 Å². The molecule has 0 aromatic heterocycles. The van der Waals surface area contributed by atoms with E-state index in [0.717, 1.165) is 12.5 Å². The zero-order valence-corrected chi connectivity index (χ0v) is 5.87. The topological polar surface area (TPSA) is 43.4 Å². The van der Waals surface area contributed by atoms with E-state index in [4.69, 9.17) is 4.79 Å². The fourth-order valence-corrected chi connectivity index (χ4v) is 0.0393. The number of hydrogen-bond donors (Lipinski definition) is 0. The smallest absolute Gasteiger partial charge is 0.297 e. The van der Waals surface area contributed by atoms with Crippen LogP contribution in [0, 0.1) is 0 Å². The summed E-state index contributed by atoms with van der Waals surface area (Å²) in [5, 5.41) is 0. The molecular weight excluding hydrogens is 132 g/mol. The number of allylic oxidation sites excluding steroid dienone is 1. The summed E-state index contributed by atoms with van der Waals surface area (Å²) in [6.45, 7) is 8.37. The van der Waals surface area contributed by atoms with Crippen LogP contribution in [0.25, 0.3) is 0 Å². The summed E-state index contributed by atoms with van der Waals surface area (Å²) in [7, 11) is 0. The van der Waals surface area contributed by atoms with E-state index in [1.807, 2.05) is 0 Å². The lowest BCUT2D eigenvalue weighted by molar-refractivity contribution is -0.123. The normalized spacial score (nSPS) is 6.10. The lowest BCUT2D eigenvalue weighted by atomic mass is 10.4. The lowest BCUT2D eigenvalue weighted by Gasteiger charge is -1.71. The van der Waals surface area contributed by atoms with Gasteiger partial charge in [0.15, 0.2) is 0 Å². The first-order valence-electron chi connectivity index (χ1n) is 2.49. The Morgan fingerprint density at radius 1 is 1.50 bits per heavy atom. The van der Waals surface area contributed by atoms with Crippen LogP contribution in [0.2, 0.25) is 0 Å². The van der Waals surface area contributed by atoms with Gasteiger partial charge in [0.25, 0.3) is 6.47 Å². The van der Waals surface area contributed by atoms with Gasteiger partial charge in [0.1, 0.15) is 6.29 Å². The van der Waals surface area contributed by atoms with Gasteiger partial charge in [-0.1, -0.05) is 13.2 Å². The Morgan fingerprint density at radius 3 is 1.90 bits per heavy atom. The van der Waals surface area contributed by atoms with Crippen LogP contribution in [-0.4, -0.2) is 12.8 Å². The Kier molecular flexibility index (Phi) is 12.1. The molecule has 0 bridgehead atoms. The minimum absolute atomic E-state index is 0.312. The molecule has 56 valence electrons. The third-order valence-electron chi connectivity index (χ3n) is 0.353. The number of carbonyl (C=O) groups is 2. The highest BCUT2D eigenvalue weighted by Crippen LogP contribution is 1.70. The van der Waals surface area contributed by atoms with Crippen LogP contribution in [0.3, 0.4) is 0 Å². The van der Waals surface area contributed by atoms with Crippen molar-refractivity contribution in [2.75, 3.05) is 0 Å². The number of hydrogen-bond acceptors (Lipinski definition) is 3. The maximum atomic E-state index is 9.41. The predicted octanol–water partition coefficient (Wildman–Crippen LogP) is 1.06. The van der Waals surface area contributed by atoms with Crippen LogP contribution in [0.4, 0.5) is 0 Å². The van der Waals surface area contributed by atoms with Crippen molar-refractivity contribution in [3.63, 3.8) is 0 Å². The first-order chi connectivity index (χ1) is 4.68. The highest BCUT2D eigenvalue weighted by Gasteiger charge is 1.66. The molecule has 0 saturated carbocycles. The third-order valence-corrected chi connectivity index (χ3v) is 0.353. The molecule has 0 aliphatic rings. The van der Waals surface area contributed by atoms with E-state index < -0.39 is 0 Å². The quantitative estimate of drug-likeness (QED) is 0.336. The summed E-state index contributed by atoms with van der Waals surface area (Å²) in [4.78, 5) is 18.5. The molecule has 0 N–H and O–H groups in total. The van der Waals surface area contributed by atoms with E-state index >= 15 is 0 Å². The third kappa shape index (κ3) is 30.5. The van der Waals surface area contributed by atoms with Crippen molar-refractivity contribution in [3.05, 3.63) is 25.0 Å². The molecule has 0 rings (SSSR count). The van der Waals surface area contributed by atoms with Gasteiger partial charge in [-0.2, -0.15) is 0 Å². The molecule has 0 radical (unpaired) electrons. The largest absolute Gasteiger partial charge is 0.437 e. The Hall–Kier alpha value is -1.38. The molecule has 3 heteroatoms. The van der Waals surface area contributed by atoms with Crippen LogP contribution in [0.5, 0.6) is 0 Å². The minimum Gasteiger partial charge on any atom is -0.437 e. The number of rotatable bonds is 3. The van der Waals surface area contributed by atoms with Gasteiger partial charge < -0.3 is 4.74 Å².